The minimum Gasteiger partial charge on any atom is -0.491 e. The van der Waals surface area contributed by atoms with Gasteiger partial charge in [-0.05, 0) is 31.4 Å². The van der Waals surface area contributed by atoms with Gasteiger partial charge in [0.2, 0.25) is 5.91 Å². The molecular formula is C17H24N2O4. The van der Waals surface area contributed by atoms with Gasteiger partial charge in [0.15, 0.2) is 0 Å². The van der Waals surface area contributed by atoms with E-state index in [1.165, 1.54) is 7.11 Å². The predicted molar refractivity (Wildman–Crippen MR) is 86.9 cm³/mol. The van der Waals surface area contributed by atoms with Crippen LogP contribution in [0.5, 0.6) is 5.75 Å². The summed E-state index contributed by atoms with van der Waals surface area (Å²) < 4.78 is 10.3. The molecule has 1 aromatic rings. The molecule has 126 valence electrons. The molecule has 0 aromatic heterocycles. The molecule has 1 aliphatic heterocycles. The van der Waals surface area contributed by atoms with Gasteiger partial charge in [-0.2, -0.15) is 0 Å². The number of anilines is 1. The van der Waals surface area contributed by atoms with E-state index in [0.717, 1.165) is 0 Å². The summed E-state index contributed by atoms with van der Waals surface area (Å²) in [6.45, 7) is 1.69. The molecule has 0 unspecified atom stereocenters. The number of methoxy groups -OCH3 is 1. The summed E-state index contributed by atoms with van der Waals surface area (Å²) in [6, 6.07) is 7.31. The van der Waals surface area contributed by atoms with Crippen LogP contribution in [0, 0.1) is 5.92 Å². The Bertz CT molecular complexity index is 539. The van der Waals surface area contributed by atoms with Gasteiger partial charge < -0.3 is 20.1 Å². The maximum Gasteiger partial charge on any atom is 0.308 e. The van der Waals surface area contributed by atoms with E-state index in [0.29, 0.717) is 56.8 Å². The zero-order valence-corrected chi connectivity index (χ0v) is 13.5. The number of nitrogens with zero attached hydrogens (tertiary/aromatic N) is 1. The van der Waals surface area contributed by atoms with E-state index in [1.54, 1.807) is 6.07 Å². The lowest BCUT2D eigenvalue weighted by Crippen LogP contribution is -2.40. The van der Waals surface area contributed by atoms with Crippen molar-refractivity contribution in [2.45, 2.75) is 25.7 Å². The molecule has 1 aromatic carbocycles. The van der Waals surface area contributed by atoms with E-state index in [4.69, 9.17) is 15.2 Å². The fraction of sp³-hybridized carbons (Fsp3) is 0.529. The lowest BCUT2D eigenvalue weighted by Gasteiger charge is -2.30. The number of hydrogen-bond acceptors (Lipinski definition) is 5. The van der Waals surface area contributed by atoms with Crippen LogP contribution in [0.4, 0.5) is 5.69 Å². The molecule has 0 radical (unpaired) electrons. The summed E-state index contributed by atoms with van der Waals surface area (Å²) in [7, 11) is 1.40. The molecule has 0 saturated carbocycles. The van der Waals surface area contributed by atoms with Crippen molar-refractivity contribution in [3.05, 3.63) is 24.3 Å². The number of benzene rings is 1. The lowest BCUT2D eigenvalue weighted by molar-refractivity contribution is -0.148. The van der Waals surface area contributed by atoms with Crippen molar-refractivity contribution in [1.82, 2.24) is 4.90 Å². The Kier molecular flexibility index (Phi) is 6.26. The van der Waals surface area contributed by atoms with E-state index in [9.17, 15) is 9.59 Å². The molecule has 2 rings (SSSR count). The van der Waals surface area contributed by atoms with Crippen LogP contribution in [0.15, 0.2) is 24.3 Å². The van der Waals surface area contributed by atoms with Crippen molar-refractivity contribution in [3.63, 3.8) is 0 Å². The van der Waals surface area contributed by atoms with Gasteiger partial charge in [0.05, 0.1) is 25.3 Å². The highest BCUT2D eigenvalue weighted by atomic mass is 16.5. The average Bonchev–Trinajstić information content (AvgIpc) is 2.59. The number of para-hydroxylation sites is 2. The number of carbonyl (C=O) groups excluding carboxylic acids is 2. The van der Waals surface area contributed by atoms with Crippen molar-refractivity contribution >= 4 is 17.6 Å². The zero-order chi connectivity index (χ0) is 16.7. The quantitative estimate of drug-likeness (QED) is 0.491. The molecule has 1 amide bonds. The fourth-order valence-corrected chi connectivity index (χ4v) is 2.71. The molecule has 6 heteroatoms. The first-order valence-corrected chi connectivity index (χ1v) is 7.94. The van der Waals surface area contributed by atoms with Crippen molar-refractivity contribution in [2.24, 2.45) is 5.92 Å². The standard InChI is InChI=1S/C17H24N2O4/c1-22-17(21)13-8-10-19(11-9-13)16(20)7-4-12-23-15-6-3-2-5-14(15)18/h2-3,5-6,13H,4,7-12,18H2,1H3. The Morgan fingerprint density at radius 2 is 1.96 bits per heavy atom. The van der Waals surface area contributed by atoms with E-state index >= 15 is 0 Å². The van der Waals surface area contributed by atoms with Crippen molar-refractivity contribution < 1.29 is 19.1 Å². The van der Waals surface area contributed by atoms with E-state index in [-0.39, 0.29) is 17.8 Å². The third-order valence-electron chi connectivity index (χ3n) is 4.09. The van der Waals surface area contributed by atoms with Crippen LogP contribution in [-0.4, -0.2) is 43.6 Å². The minimum atomic E-state index is -0.175. The van der Waals surface area contributed by atoms with E-state index < -0.39 is 0 Å². The second kappa shape index (κ2) is 8.41. The van der Waals surface area contributed by atoms with Gasteiger partial charge in [-0.15, -0.1) is 0 Å². The number of amides is 1. The van der Waals surface area contributed by atoms with Crippen molar-refractivity contribution in [3.8, 4) is 5.75 Å². The first-order chi connectivity index (χ1) is 11.1. The predicted octanol–water partition coefficient (Wildman–Crippen LogP) is 1.84. The van der Waals surface area contributed by atoms with Gasteiger partial charge in [0.25, 0.3) is 0 Å². The maximum absolute atomic E-state index is 12.2. The summed E-state index contributed by atoms with van der Waals surface area (Å²) in [6.07, 6.45) is 2.44. The highest BCUT2D eigenvalue weighted by Gasteiger charge is 2.27. The van der Waals surface area contributed by atoms with Gasteiger partial charge in [-0.1, -0.05) is 12.1 Å². The van der Waals surface area contributed by atoms with Crippen LogP contribution in [0.2, 0.25) is 0 Å². The summed E-state index contributed by atoms with van der Waals surface area (Å²) in [4.78, 5) is 25.4. The first kappa shape index (κ1) is 17.1. The molecule has 23 heavy (non-hydrogen) atoms. The second-order valence-electron chi connectivity index (χ2n) is 5.67. The third kappa shape index (κ3) is 4.87. The largest absolute Gasteiger partial charge is 0.491 e. The zero-order valence-electron chi connectivity index (χ0n) is 13.5. The summed E-state index contributed by atoms with van der Waals surface area (Å²) in [5.41, 5.74) is 6.39. The number of likely N-dealkylation sites (tertiary alicyclic amines) is 1. The molecule has 0 bridgehead atoms. The van der Waals surface area contributed by atoms with Gasteiger partial charge >= 0.3 is 5.97 Å². The smallest absolute Gasteiger partial charge is 0.308 e. The monoisotopic (exact) mass is 320 g/mol. The Hall–Kier alpha value is -2.24. The molecule has 0 spiro atoms. The average molecular weight is 320 g/mol. The number of rotatable bonds is 6. The summed E-state index contributed by atoms with van der Waals surface area (Å²) in [5.74, 6) is 0.510. The Morgan fingerprint density at radius 1 is 1.26 bits per heavy atom. The van der Waals surface area contributed by atoms with Gasteiger partial charge in [-0.3, -0.25) is 9.59 Å². The molecule has 0 atom stereocenters. The molecule has 1 fully saturated rings. The van der Waals surface area contributed by atoms with Gasteiger partial charge in [-0.25, -0.2) is 0 Å². The molecule has 6 nitrogen and oxygen atoms in total. The van der Waals surface area contributed by atoms with E-state index in [1.807, 2.05) is 23.1 Å². The van der Waals surface area contributed by atoms with Crippen LogP contribution >= 0.6 is 0 Å². The van der Waals surface area contributed by atoms with E-state index in [2.05, 4.69) is 0 Å². The van der Waals surface area contributed by atoms with Gasteiger partial charge in [0, 0.05) is 19.5 Å². The SMILES string of the molecule is COC(=O)C1CCN(C(=O)CCCOc2ccccc2N)CC1. The molecular weight excluding hydrogens is 296 g/mol. The number of esters is 1. The van der Waals surface area contributed by atoms with Crippen LogP contribution in [0.25, 0.3) is 0 Å². The van der Waals surface area contributed by atoms with Gasteiger partial charge in [0.1, 0.15) is 5.75 Å². The number of carbonyl (C=O) groups is 2. The highest BCUT2D eigenvalue weighted by molar-refractivity contribution is 5.77. The number of nitrogen functional groups attached to an aromatic ring is 1. The molecule has 1 heterocycles. The molecule has 0 aliphatic carbocycles. The number of nitrogens with two attached hydrogens (primary N) is 1. The number of hydrogen-bond donors (Lipinski definition) is 1. The number of ether oxygens (including phenoxy) is 2. The minimum absolute atomic E-state index is 0.0755. The van der Waals surface area contributed by atoms with Crippen molar-refractivity contribution in [2.75, 3.05) is 32.5 Å². The third-order valence-corrected chi connectivity index (χ3v) is 4.09. The molecule has 2 N–H and O–H groups in total. The normalized spacial score (nSPS) is 15.3. The Labute approximate surface area is 136 Å². The fourth-order valence-electron chi connectivity index (χ4n) is 2.71. The Morgan fingerprint density at radius 3 is 2.61 bits per heavy atom. The topological polar surface area (TPSA) is 81.9 Å². The first-order valence-electron chi connectivity index (χ1n) is 7.94. The Balaban J connectivity index is 1.66. The molecule has 1 saturated heterocycles. The summed E-state index contributed by atoms with van der Waals surface area (Å²) in [5, 5.41) is 0. The second-order valence-corrected chi connectivity index (χ2v) is 5.67. The number of piperidine rings is 1. The van der Waals surface area contributed by atoms with Crippen LogP contribution in [-0.2, 0) is 14.3 Å². The van der Waals surface area contributed by atoms with Crippen LogP contribution in [0.3, 0.4) is 0 Å². The maximum atomic E-state index is 12.2. The molecule has 1 aliphatic rings. The summed E-state index contributed by atoms with van der Waals surface area (Å²) >= 11 is 0. The highest BCUT2D eigenvalue weighted by Crippen LogP contribution is 2.21. The van der Waals surface area contributed by atoms with Crippen LogP contribution < -0.4 is 10.5 Å². The van der Waals surface area contributed by atoms with Crippen molar-refractivity contribution in [1.29, 1.82) is 0 Å². The lowest BCUT2D eigenvalue weighted by atomic mass is 9.97. The van der Waals surface area contributed by atoms with Crippen LogP contribution in [0.1, 0.15) is 25.7 Å².